The Kier molecular flexibility index (Phi) is 3.35. The second-order valence-corrected chi connectivity index (χ2v) is 4.61. The van der Waals surface area contributed by atoms with Crippen LogP contribution in [0.2, 0.25) is 0 Å². The van der Waals surface area contributed by atoms with Gasteiger partial charge in [0, 0.05) is 18.5 Å². The van der Waals surface area contributed by atoms with Gasteiger partial charge in [-0.15, -0.1) is 0 Å². The van der Waals surface area contributed by atoms with Gasteiger partial charge in [-0.05, 0) is 22.9 Å². The van der Waals surface area contributed by atoms with Crippen LogP contribution in [0.25, 0.3) is 0 Å². The van der Waals surface area contributed by atoms with Gasteiger partial charge in [-0.25, -0.2) is 4.39 Å². The Labute approximate surface area is 102 Å². The number of fused-ring (bicyclic) bond motifs is 1. The predicted molar refractivity (Wildman–Crippen MR) is 62.3 cm³/mol. The van der Waals surface area contributed by atoms with Crippen molar-refractivity contribution in [1.82, 2.24) is 0 Å². The summed E-state index contributed by atoms with van der Waals surface area (Å²) >= 11 is 3.15. The Morgan fingerprint density at radius 1 is 1.44 bits per heavy atom. The highest BCUT2D eigenvalue weighted by Crippen LogP contribution is 2.41. The number of rotatable bonds is 1. The summed E-state index contributed by atoms with van der Waals surface area (Å²) in [5, 5.41) is 0. The maximum atomic E-state index is 13.9. The van der Waals surface area contributed by atoms with Gasteiger partial charge in [-0.1, -0.05) is 0 Å². The molecule has 3 nitrogen and oxygen atoms in total. The van der Waals surface area contributed by atoms with E-state index < -0.39 is 6.04 Å². The second-order valence-electron chi connectivity index (χ2n) is 3.75. The number of hydrogen-bond acceptors (Lipinski definition) is 3. The number of nitrogens with two attached hydrogens (primary N) is 1. The van der Waals surface area contributed by atoms with Gasteiger partial charge >= 0.3 is 0 Å². The summed E-state index contributed by atoms with van der Waals surface area (Å²) < 4.78 is 25.3. The summed E-state index contributed by atoms with van der Waals surface area (Å²) in [4.78, 5) is 0. The largest absolute Gasteiger partial charge is 0.490 e. The standard InChI is InChI=1S/C11H13BrFNO2/c1-6(14)9-10(13)7(12)5-8-11(9)16-4-2-3-15-8/h5-6H,2-4,14H2,1H3. The summed E-state index contributed by atoms with van der Waals surface area (Å²) in [5.74, 6) is 0.616. The maximum absolute atomic E-state index is 13.9. The first-order valence-corrected chi connectivity index (χ1v) is 5.93. The van der Waals surface area contributed by atoms with E-state index in [-0.39, 0.29) is 5.82 Å². The zero-order valence-electron chi connectivity index (χ0n) is 8.93. The Morgan fingerprint density at radius 3 is 2.81 bits per heavy atom. The van der Waals surface area contributed by atoms with E-state index in [2.05, 4.69) is 15.9 Å². The molecule has 1 heterocycles. The lowest BCUT2D eigenvalue weighted by molar-refractivity contribution is 0.295. The summed E-state index contributed by atoms with van der Waals surface area (Å²) in [6.07, 6.45) is 0.784. The van der Waals surface area contributed by atoms with E-state index in [1.54, 1.807) is 13.0 Å². The van der Waals surface area contributed by atoms with Crippen molar-refractivity contribution in [3.05, 3.63) is 21.9 Å². The average molecular weight is 290 g/mol. The third-order valence-corrected chi connectivity index (χ3v) is 3.00. The van der Waals surface area contributed by atoms with Crippen LogP contribution in [-0.4, -0.2) is 13.2 Å². The van der Waals surface area contributed by atoms with Crippen molar-refractivity contribution in [3.63, 3.8) is 0 Å². The average Bonchev–Trinajstić information content (AvgIpc) is 2.44. The van der Waals surface area contributed by atoms with Crippen molar-refractivity contribution < 1.29 is 13.9 Å². The van der Waals surface area contributed by atoms with E-state index in [4.69, 9.17) is 15.2 Å². The van der Waals surface area contributed by atoms with Crippen LogP contribution in [-0.2, 0) is 0 Å². The first kappa shape index (κ1) is 11.7. The van der Waals surface area contributed by atoms with Crippen LogP contribution in [0.3, 0.4) is 0 Å². The normalized spacial score (nSPS) is 16.8. The lowest BCUT2D eigenvalue weighted by Gasteiger charge is -2.16. The molecular formula is C11H13BrFNO2. The third-order valence-electron chi connectivity index (χ3n) is 2.42. The fourth-order valence-electron chi connectivity index (χ4n) is 1.68. The van der Waals surface area contributed by atoms with Gasteiger partial charge in [0.05, 0.1) is 23.2 Å². The molecule has 5 heteroatoms. The van der Waals surface area contributed by atoms with E-state index in [1.165, 1.54) is 0 Å². The fourth-order valence-corrected chi connectivity index (χ4v) is 2.10. The summed E-state index contributed by atoms with van der Waals surface area (Å²) in [7, 11) is 0. The number of ether oxygens (including phenoxy) is 2. The highest BCUT2D eigenvalue weighted by atomic mass is 79.9. The summed E-state index contributed by atoms with van der Waals surface area (Å²) in [5.41, 5.74) is 6.13. The lowest BCUT2D eigenvalue weighted by atomic mass is 10.1. The molecule has 88 valence electrons. The Hall–Kier alpha value is -0.810. The first-order chi connectivity index (χ1) is 7.61. The van der Waals surface area contributed by atoms with Gasteiger partial charge < -0.3 is 15.2 Å². The Balaban J connectivity index is 2.60. The monoisotopic (exact) mass is 289 g/mol. The van der Waals surface area contributed by atoms with Crippen LogP contribution in [0.15, 0.2) is 10.5 Å². The molecule has 0 aliphatic carbocycles. The molecule has 2 N–H and O–H groups in total. The SMILES string of the molecule is CC(N)c1c(F)c(Br)cc2c1OCCCO2. The number of hydrogen-bond donors (Lipinski definition) is 1. The van der Waals surface area contributed by atoms with Crippen molar-refractivity contribution in [2.24, 2.45) is 5.73 Å². The van der Waals surface area contributed by atoms with E-state index in [0.29, 0.717) is 34.7 Å². The second kappa shape index (κ2) is 4.59. The molecule has 1 aliphatic rings. The van der Waals surface area contributed by atoms with Crippen LogP contribution in [0.4, 0.5) is 4.39 Å². The van der Waals surface area contributed by atoms with Crippen molar-refractivity contribution in [1.29, 1.82) is 0 Å². The highest BCUT2D eigenvalue weighted by Gasteiger charge is 2.23. The van der Waals surface area contributed by atoms with E-state index in [9.17, 15) is 4.39 Å². The maximum Gasteiger partial charge on any atom is 0.168 e. The quantitative estimate of drug-likeness (QED) is 0.865. The van der Waals surface area contributed by atoms with Gasteiger partial charge in [-0.2, -0.15) is 0 Å². The molecule has 1 aliphatic heterocycles. The molecule has 1 aromatic carbocycles. The molecule has 0 saturated carbocycles. The molecule has 1 unspecified atom stereocenters. The smallest absolute Gasteiger partial charge is 0.168 e. The molecule has 1 atom stereocenters. The molecule has 0 spiro atoms. The fraction of sp³-hybridized carbons (Fsp3) is 0.455. The van der Waals surface area contributed by atoms with Crippen LogP contribution in [0, 0.1) is 5.82 Å². The molecule has 0 radical (unpaired) electrons. The third kappa shape index (κ3) is 2.01. The lowest BCUT2D eigenvalue weighted by Crippen LogP contribution is -2.11. The summed E-state index contributed by atoms with van der Waals surface area (Å²) in [6.45, 7) is 2.82. The van der Waals surface area contributed by atoms with Crippen LogP contribution in [0.1, 0.15) is 24.9 Å². The number of halogens is 2. The Bertz CT molecular complexity index is 409. The molecule has 2 rings (SSSR count). The molecule has 0 fully saturated rings. The van der Waals surface area contributed by atoms with Gasteiger partial charge in [0.15, 0.2) is 11.5 Å². The molecular weight excluding hydrogens is 277 g/mol. The molecule has 16 heavy (non-hydrogen) atoms. The van der Waals surface area contributed by atoms with Crippen molar-refractivity contribution in [2.45, 2.75) is 19.4 Å². The predicted octanol–water partition coefficient (Wildman–Crippen LogP) is 2.77. The number of benzene rings is 1. The molecule has 0 aromatic heterocycles. The zero-order valence-corrected chi connectivity index (χ0v) is 10.5. The van der Waals surface area contributed by atoms with Crippen molar-refractivity contribution in [3.8, 4) is 11.5 Å². The zero-order chi connectivity index (χ0) is 11.7. The topological polar surface area (TPSA) is 44.5 Å². The molecule has 0 bridgehead atoms. The van der Waals surface area contributed by atoms with Crippen LogP contribution in [0.5, 0.6) is 11.5 Å². The highest BCUT2D eigenvalue weighted by molar-refractivity contribution is 9.10. The Morgan fingerprint density at radius 2 is 2.12 bits per heavy atom. The van der Waals surface area contributed by atoms with E-state index >= 15 is 0 Å². The molecule has 0 saturated heterocycles. The van der Waals surface area contributed by atoms with E-state index in [1.807, 2.05) is 0 Å². The van der Waals surface area contributed by atoms with Gasteiger partial charge in [-0.3, -0.25) is 0 Å². The van der Waals surface area contributed by atoms with Gasteiger partial charge in [0.1, 0.15) is 5.82 Å². The minimum atomic E-state index is -0.437. The minimum Gasteiger partial charge on any atom is -0.490 e. The first-order valence-electron chi connectivity index (χ1n) is 5.14. The van der Waals surface area contributed by atoms with Crippen LogP contribution >= 0.6 is 15.9 Å². The minimum absolute atomic E-state index is 0.351. The van der Waals surface area contributed by atoms with Crippen molar-refractivity contribution in [2.75, 3.05) is 13.2 Å². The molecule has 0 amide bonds. The van der Waals surface area contributed by atoms with Crippen LogP contribution < -0.4 is 15.2 Å². The summed E-state index contributed by atoms with van der Waals surface area (Å²) in [6, 6.07) is 1.15. The van der Waals surface area contributed by atoms with Crippen molar-refractivity contribution >= 4 is 15.9 Å². The van der Waals surface area contributed by atoms with Gasteiger partial charge in [0.25, 0.3) is 0 Å². The molecule has 1 aromatic rings. The van der Waals surface area contributed by atoms with E-state index in [0.717, 1.165) is 6.42 Å². The van der Waals surface area contributed by atoms with Gasteiger partial charge in [0.2, 0.25) is 0 Å².